The third-order valence-electron chi connectivity index (χ3n) is 4.52. The van der Waals surface area contributed by atoms with E-state index >= 15 is 0 Å². The number of carbonyl (C=O) groups excluding carboxylic acids is 1. The summed E-state index contributed by atoms with van der Waals surface area (Å²) < 4.78 is 13.7. The number of amides is 1. The maximum atomic E-state index is 13.7. The molecular weight excluding hydrogens is 458 g/mol. The predicted octanol–water partition coefficient (Wildman–Crippen LogP) is 2.69. The monoisotopic (exact) mass is 482 g/mol. The van der Waals surface area contributed by atoms with Crippen LogP contribution < -0.4 is 10.6 Å². The van der Waals surface area contributed by atoms with Gasteiger partial charge in [-0.2, -0.15) is 0 Å². The lowest BCUT2D eigenvalue weighted by atomic mass is 10.00. The van der Waals surface area contributed by atoms with Crippen LogP contribution in [0, 0.1) is 5.82 Å². The first-order valence-corrected chi connectivity index (χ1v) is 8.70. The maximum Gasteiger partial charge on any atom is 0.242 e. The van der Waals surface area contributed by atoms with Crippen molar-refractivity contribution in [3.05, 3.63) is 71.0 Å². The molecule has 1 aliphatic heterocycles. The van der Waals surface area contributed by atoms with E-state index in [0.717, 1.165) is 13.0 Å². The summed E-state index contributed by atoms with van der Waals surface area (Å²) in [6, 6.07) is 14.8. The average molecular weight is 482 g/mol. The third-order valence-corrected chi connectivity index (χ3v) is 4.52. The molecule has 2 aromatic carbocycles. The summed E-state index contributed by atoms with van der Waals surface area (Å²) in [5.74, 6) is 0.228. The van der Waals surface area contributed by atoms with Crippen molar-refractivity contribution in [2.24, 2.45) is 4.99 Å². The van der Waals surface area contributed by atoms with E-state index in [2.05, 4.69) is 27.8 Å². The van der Waals surface area contributed by atoms with Crippen LogP contribution in [0.4, 0.5) is 4.39 Å². The fourth-order valence-corrected chi connectivity index (χ4v) is 3.02. The Morgan fingerprint density at radius 1 is 1.11 bits per heavy atom. The number of fused-ring (bicyclic) bond motifs is 1. The van der Waals surface area contributed by atoms with Gasteiger partial charge in [0.25, 0.3) is 0 Å². The first-order chi connectivity index (χ1) is 12.7. The first kappa shape index (κ1) is 21.1. The van der Waals surface area contributed by atoms with Crippen molar-refractivity contribution in [2.75, 3.05) is 20.1 Å². The SMILES string of the molecule is CN=C(NCC(=O)N1CCc2ccccc2C1)NCc1ccccc1F.I. The fourth-order valence-electron chi connectivity index (χ4n) is 3.02. The highest BCUT2D eigenvalue weighted by molar-refractivity contribution is 14.0. The van der Waals surface area contributed by atoms with E-state index in [4.69, 9.17) is 0 Å². The van der Waals surface area contributed by atoms with Gasteiger partial charge in [0.2, 0.25) is 5.91 Å². The van der Waals surface area contributed by atoms with Gasteiger partial charge in [0.05, 0.1) is 6.54 Å². The summed E-state index contributed by atoms with van der Waals surface area (Å²) in [5.41, 5.74) is 3.07. The smallest absolute Gasteiger partial charge is 0.242 e. The summed E-state index contributed by atoms with van der Waals surface area (Å²) in [6.45, 7) is 1.81. The Morgan fingerprint density at radius 3 is 2.56 bits per heavy atom. The van der Waals surface area contributed by atoms with Crippen LogP contribution >= 0.6 is 24.0 Å². The molecule has 0 unspecified atom stereocenters. The first-order valence-electron chi connectivity index (χ1n) is 8.70. The van der Waals surface area contributed by atoms with E-state index < -0.39 is 0 Å². The quantitative estimate of drug-likeness (QED) is 0.401. The van der Waals surface area contributed by atoms with Crippen molar-refractivity contribution in [3.8, 4) is 0 Å². The Labute approximate surface area is 176 Å². The van der Waals surface area contributed by atoms with Gasteiger partial charge in [-0.25, -0.2) is 4.39 Å². The van der Waals surface area contributed by atoms with E-state index in [-0.39, 0.29) is 42.2 Å². The number of nitrogens with zero attached hydrogens (tertiary/aromatic N) is 2. The molecule has 0 bridgehead atoms. The van der Waals surface area contributed by atoms with Crippen LogP contribution in [0.5, 0.6) is 0 Å². The number of nitrogens with one attached hydrogen (secondary N) is 2. The van der Waals surface area contributed by atoms with Crippen LogP contribution in [0.2, 0.25) is 0 Å². The Kier molecular flexibility index (Phi) is 8.02. The van der Waals surface area contributed by atoms with Gasteiger partial charge in [0, 0.05) is 32.2 Å². The van der Waals surface area contributed by atoms with E-state index in [0.29, 0.717) is 24.6 Å². The molecule has 0 aliphatic carbocycles. The number of rotatable bonds is 4. The van der Waals surface area contributed by atoms with Gasteiger partial charge in [-0.1, -0.05) is 42.5 Å². The second kappa shape index (κ2) is 10.2. The van der Waals surface area contributed by atoms with Gasteiger partial charge in [-0.3, -0.25) is 9.79 Å². The molecule has 0 aromatic heterocycles. The van der Waals surface area contributed by atoms with E-state index in [9.17, 15) is 9.18 Å². The Bertz CT molecular complexity index is 812. The number of aliphatic imine (C=N–C) groups is 1. The predicted molar refractivity (Wildman–Crippen MR) is 116 cm³/mol. The number of halogens is 2. The molecule has 3 rings (SSSR count). The molecule has 1 amide bonds. The van der Waals surface area contributed by atoms with Crippen molar-refractivity contribution in [2.45, 2.75) is 19.5 Å². The molecule has 0 saturated carbocycles. The lowest BCUT2D eigenvalue weighted by Crippen LogP contribution is -2.45. The topological polar surface area (TPSA) is 56.7 Å². The van der Waals surface area contributed by atoms with Crippen LogP contribution in [0.3, 0.4) is 0 Å². The molecule has 2 aromatic rings. The second-order valence-corrected chi connectivity index (χ2v) is 6.20. The molecule has 7 heteroatoms. The minimum absolute atomic E-state index is 0. The molecule has 27 heavy (non-hydrogen) atoms. The van der Waals surface area contributed by atoms with Gasteiger partial charge < -0.3 is 15.5 Å². The van der Waals surface area contributed by atoms with Crippen molar-refractivity contribution >= 4 is 35.8 Å². The molecule has 0 fully saturated rings. The second-order valence-electron chi connectivity index (χ2n) is 6.20. The third kappa shape index (κ3) is 5.66. The van der Waals surface area contributed by atoms with Crippen LogP contribution in [-0.4, -0.2) is 36.9 Å². The molecule has 0 atom stereocenters. The van der Waals surface area contributed by atoms with Crippen molar-refractivity contribution in [1.29, 1.82) is 0 Å². The normalized spacial score (nSPS) is 13.4. The molecule has 1 heterocycles. The Balaban J connectivity index is 0.00000261. The summed E-state index contributed by atoms with van der Waals surface area (Å²) in [7, 11) is 1.62. The minimum atomic E-state index is -0.265. The molecule has 0 saturated heterocycles. The van der Waals surface area contributed by atoms with Gasteiger partial charge in [-0.05, 0) is 23.6 Å². The van der Waals surface area contributed by atoms with Gasteiger partial charge >= 0.3 is 0 Å². The number of carbonyl (C=O) groups is 1. The number of hydrogen-bond acceptors (Lipinski definition) is 2. The molecule has 1 aliphatic rings. The van der Waals surface area contributed by atoms with Crippen LogP contribution in [0.1, 0.15) is 16.7 Å². The highest BCUT2D eigenvalue weighted by Crippen LogP contribution is 2.18. The molecule has 0 spiro atoms. The highest BCUT2D eigenvalue weighted by Gasteiger charge is 2.20. The number of guanidine groups is 1. The largest absolute Gasteiger partial charge is 0.352 e. The summed E-state index contributed by atoms with van der Waals surface area (Å²) >= 11 is 0. The molecule has 0 radical (unpaired) electrons. The summed E-state index contributed by atoms with van der Waals surface area (Å²) in [4.78, 5) is 18.4. The molecule has 144 valence electrons. The van der Waals surface area contributed by atoms with Gasteiger partial charge in [0.15, 0.2) is 5.96 Å². The van der Waals surface area contributed by atoms with E-state index in [1.54, 1.807) is 25.2 Å². The van der Waals surface area contributed by atoms with Crippen molar-refractivity contribution in [1.82, 2.24) is 15.5 Å². The minimum Gasteiger partial charge on any atom is -0.352 e. The molecule has 5 nitrogen and oxygen atoms in total. The molecular formula is C20H24FIN4O. The van der Waals surface area contributed by atoms with Gasteiger partial charge in [0.1, 0.15) is 5.82 Å². The summed E-state index contributed by atoms with van der Waals surface area (Å²) in [6.07, 6.45) is 0.877. The van der Waals surface area contributed by atoms with Gasteiger partial charge in [-0.15, -0.1) is 24.0 Å². The lowest BCUT2D eigenvalue weighted by Gasteiger charge is -2.29. The standard InChI is InChI=1S/C20H23FN4O.HI/c1-22-20(23-12-16-7-4-5-9-18(16)21)24-13-19(26)25-11-10-15-6-2-3-8-17(15)14-25;/h2-9H,10-14H2,1H3,(H2,22,23,24);1H. The van der Waals surface area contributed by atoms with Crippen LogP contribution in [0.25, 0.3) is 0 Å². The maximum absolute atomic E-state index is 13.7. The highest BCUT2D eigenvalue weighted by atomic mass is 127. The van der Waals surface area contributed by atoms with E-state index in [1.165, 1.54) is 17.2 Å². The summed E-state index contributed by atoms with van der Waals surface area (Å²) in [5, 5.41) is 6.03. The van der Waals surface area contributed by atoms with Crippen molar-refractivity contribution in [3.63, 3.8) is 0 Å². The average Bonchev–Trinajstić information content (AvgIpc) is 2.68. The van der Waals surface area contributed by atoms with Crippen LogP contribution in [0.15, 0.2) is 53.5 Å². The zero-order valence-electron chi connectivity index (χ0n) is 15.2. The zero-order chi connectivity index (χ0) is 18.4. The van der Waals surface area contributed by atoms with Crippen molar-refractivity contribution < 1.29 is 9.18 Å². The Hall–Kier alpha value is -2.16. The van der Waals surface area contributed by atoms with E-state index in [1.807, 2.05) is 17.0 Å². The van der Waals surface area contributed by atoms with Crippen LogP contribution in [-0.2, 0) is 24.3 Å². The Morgan fingerprint density at radius 2 is 1.81 bits per heavy atom. The molecule has 2 N–H and O–H groups in total. The lowest BCUT2D eigenvalue weighted by molar-refractivity contribution is -0.130. The fraction of sp³-hybridized carbons (Fsp3) is 0.300. The number of benzene rings is 2. The number of hydrogen-bond donors (Lipinski definition) is 2. The zero-order valence-corrected chi connectivity index (χ0v) is 17.6.